The third kappa shape index (κ3) is 3.41. The summed E-state index contributed by atoms with van der Waals surface area (Å²) in [6.07, 6.45) is 0.829. The second-order valence-electron chi connectivity index (χ2n) is 8.62. The first-order valence-electron chi connectivity index (χ1n) is 10.9. The first kappa shape index (κ1) is 21.0. The van der Waals surface area contributed by atoms with Gasteiger partial charge in [-0.05, 0) is 43.8 Å². The lowest BCUT2D eigenvalue weighted by molar-refractivity contribution is 0.0880. The average Bonchev–Trinajstić information content (AvgIpc) is 3.24. The van der Waals surface area contributed by atoms with E-state index >= 15 is 0 Å². The number of ether oxygens (including phenoxy) is 1. The molecule has 1 aliphatic rings. The van der Waals surface area contributed by atoms with Gasteiger partial charge in [-0.2, -0.15) is 0 Å². The lowest BCUT2D eigenvalue weighted by Crippen LogP contribution is -2.20. The summed E-state index contributed by atoms with van der Waals surface area (Å²) in [5.41, 5.74) is 3.90. The van der Waals surface area contributed by atoms with E-state index in [4.69, 9.17) is 4.74 Å². The fourth-order valence-corrected chi connectivity index (χ4v) is 4.59. The molecule has 33 heavy (non-hydrogen) atoms. The van der Waals surface area contributed by atoms with Crippen molar-refractivity contribution in [3.63, 3.8) is 0 Å². The maximum Gasteiger partial charge on any atom is 0.259 e. The van der Waals surface area contributed by atoms with Crippen molar-refractivity contribution in [2.45, 2.75) is 6.42 Å². The second kappa shape index (κ2) is 7.94. The number of nitrogens with one attached hydrogen (secondary N) is 1. The van der Waals surface area contributed by atoms with Crippen molar-refractivity contribution < 1.29 is 19.4 Å². The third-order valence-corrected chi connectivity index (χ3v) is 6.15. The van der Waals surface area contributed by atoms with E-state index in [9.17, 15) is 14.7 Å². The van der Waals surface area contributed by atoms with Gasteiger partial charge >= 0.3 is 0 Å². The maximum atomic E-state index is 12.9. The van der Waals surface area contributed by atoms with Crippen LogP contribution in [0.2, 0.25) is 0 Å². The first-order chi connectivity index (χ1) is 15.9. The molecule has 0 aliphatic carbocycles. The molecule has 7 heteroatoms. The third-order valence-electron chi connectivity index (χ3n) is 6.15. The number of nitrogens with zero attached hydrogens (tertiary/aromatic N) is 2. The molecule has 0 saturated carbocycles. The van der Waals surface area contributed by atoms with E-state index in [-0.39, 0.29) is 5.75 Å². The van der Waals surface area contributed by atoms with Gasteiger partial charge in [-0.1, -0.05) is 30.3 Å². The number of phenols is 1. The number of benzene rings is 3. The van der Waals surface area contributed by atoms with E-state index < -0.39 is 11.8 Å². The normalized spacial score (nSPS) is 13.2. The van der Waals surface area contributed by atoms with Crippen LogP contribution in [0.1, 0.15) is 27.1 Å². The molecule has 4 aromatic rings. The molecular formula is C26H25N3O4. The van der Waals surface area contributed by atoms with Gasteiger partial charge in [0.1, 0.15) is 0 Å². The number of aromatic nitrogens is 1. The van der Waals surface area contributed by atoms with Gasteiger partial charge in [0.25, 0.3) is 11.8 Å². The molecule has 0 unspecified atom stereocenters. The Balaban J connectivity index is 1.72. The number of carbonyl (C=O) groups is 2. The number of carbonyl (C=O) groups excluding carboxylic acids is 2. The van der Waals surface area contributed by atoms with Gasteiger partial charge in [0.2, 0.25) is 0 Å². The van der Waals surface area contributed by atoms with Crippen molar-refractivity contribution in [2.24, 2.45) is 7.05 Å². The van der Waals surface area contributed by atoms with E-state index in [1.165, 1.54) is 0 Å². The quantitative estimate of drug-likeness (QED) is 0.349. The van der Waals surface area contributed by atoms with Gasteiger partial charge in [0.15, 0.2) is 11.5 Å². The van der Waals surface area contributed by atoms with E-state index in [0.29, 0.717) is 39.8 Å². The summed E-state index contributed by atoms with van der Waals surface area (Å²) >= 11 is 0. The van der Waals surface area contributed by atoms with Crippen LogP contribution in [0.15, 0.2) is 48.5 Å². The zero-order valence-corrected chi connectivity index (χ0v) is 18.8. The van der Waals surface area contributed by atoms with Crippen molar-refractivity contribution in [2.75, 3.05) is 27.2 Å². The summed E-state index contributed by atoms with van der Waals surface area (Å²) in [5, 5.41) is 14.5. The predicted octanol–water partition coefficient (Wildman–Crippen LogP) is 3.92. The highest BCUT2D eigenvalue weighted by atomic mass is 16.5. The Kier molecular flexibility index (Phi) is 5.06. The van der Waals surface area contributed by atoms with Crippen LogP contribution in [-0.2, 0) is 7.05 Å². The molecule has 5 rings (SSSR count). The van der Waals surface area contributed by atoms with Crippen LogP contribution in [0, 0.1) is 0 Å². The summed E-state index contributed by atoms with van der Waals surface area (Å²) in [6.45, 7) is 1.36. The number of amides is 2. The Labute approximate surface area is 191 Å². The van der Waals surface area contributed by atoms with Crippen LogP contribution >= 0.6 is 0 Å². The molecule has 1 aromatic heterocycles. The van der Waals surface area contributed by atoms with Crippen molar-refractivity contribution in [1.29, 1.82) is 0 Å². The Morgan fingerprint density at radius 1 is 1.00 bits per heavy atom. The molecule has 0 saturated heterocycles. The number of rotatable bonds is 6. The largest absolute Gasteiger partial charge is 0.504 e. The second-order valence-corrected chi connectivity index (χ2v) is 8.62. The van der Waals surface area contributed by atoms with Gasteiger partial charge in [0.05, 0.1) is 28.8 Å². The lowest BCUT2D eigenvalue weighted by Gasteiger charge is -2.11. The molecule has 0 bridgehead atoms. The molecule has 2 heterocycles. The Bertz CT molecular complexity index is 1420. The van der Waals surface area contributed by atoms with Crippen LogP contribution in [0.4, 0.5) is 0 Å². The minimum Gasteiger partial charge on any atom is -0.504 e. The predicted molar refractivity (Wildman–Crippen MR) is 128 cm³/mol. The highest BCUT2D eigenvalue weighted by Crippen LogP contribution is 2.42. The molecule has 1 aliphatic heterocycles. The summed E-state index contributed by atoms with van der Waals surface area (Å²) < 4.78 is 7.82. The molecular weight excluding hydrogens is 418 g/mol. The summed E-state index contributed by atoms with van der Waals surface area (Å²) in [5.74, 6) is -0.426. The van der Waals surface area contributed by atoms with Crippen LogP contribution in [0.25, 0.3) is 32.9 Å². The van der Waals surface area contributed by atoms with Crippen LogP contribution in [-0.4, -0.2) is 53.6 Å². The SMILES string of the molecule is CN(C)CCCOc1cc2c(cc1O)c1c3c(c(-c4ccccc4)cc1n2C)C(=O)NC3=O. The van der Waals surface area contributed by atoms with E-state index in [2.05, 4.69) is 10.2 Å². The van der Waals surface area contributed by atoms with Crippen molar-refractivity contribution >= 4 is 33.6 Å². The summed E-state index contributed by atoms with van der Waals surface area (Å²) in [7, 11) is 5.91. The molecule has 7 nitrogen and oxygen atoms in total. The highest BCUT2D eigenvalue weighted by molar-refractivity contribution is 6.32. The van der Waals surface area contributed by atoms with Crippen LogP contribution < -0.4 is 10.1 Å². The Morgan fingerprint density at radius 2 is 1.73 bits per heavy atom. The number of phenolic OH excluding ortho intramolecular Hbond substituents is 1. The van der Waals surface area contributed by atoms with Crippen LogP contribution in [0.5, 0.6) is 11.5 Å². The Morgan fingerprint density at radius 3 is 2.45 bits per heavy atom. The highest BCUT2D eigenvalue weighted by Gasteiger charge is 2.34. The van der Waals surface area contributed by atoms with Crippen molar-refractivity contribution in [3.8, 4) is 22.6 Å². The maximum absolute atomic E-state index is 12.9. The van der Waals surface area contributed by atoms with Crippen molar-refractivity contribution in [1.82, 2.24) is 14.8 Å². The lowest BCUT2D eigenvalue weighted by atomic mass is 9.93. The number of aromatic hydroxyl groups is 1. The van der Waals surface area contributed by atoms with Crippen molar-refractivity contribution in [3.05, 3.63) is 59.7 Å². The number of fused-ring (bicyclic) bond motifs is 5. The summed E-state index contributed by atoms with van der Waals surface area (Å²) in [6, 6.07) is 14.9. The minimum atomic E-state index is -0.422. The molecule has 3 aromatic carbocycles. The Hall–Kier alpha value is -3.84. The minimum absolute atomic E-state index is 0.00507. The first-order valence-corrected chi connectivity index (χ1v) is 10.9. The molecule has 0 spiro atoms. The number of imide groups is 1. The molecule has 2 amide bonds. The molecule has 0 radical (unpaired) electrons. The molecule has 168 valence electrons. The number of aryl methyl sites for hydroxylation is 1. The molecule has 0 atom stereocenters. The topological polar surface area (TPSA) is 83.8 Å². The van der Waals surface area contributed by atoms with Gasteiger partial charge in [-0.15, -0.1) is 0 Å². The standard InChI is InChI=1S/C26H25N3O4/c1-28(2)10-7-11-33-21-14-18-17(13-20(21)30)22-19(29(18)3)12-16(15-8-5-4-6-9-15)23-24(22)26(32)27-25(23)31/h4-6,8-9,12-14,30H,7,10-11H2,1-3H3,(H,27,31,32). The van der Waals surface area contributed by atoms with Gasteiger partial charge < -0.3 is 19.3 Å². The van der Waals surface area contributed by atoms with Gasteiger partial charge in [-0.3, -0.25) is 14.9 Å². The van der Waals surface area contributed by atoms with Gasteiger partial charge in [-0.25, -0.2) is 0 Å². The van der Waals surface area contributed by atoms with E-state index in [0.717, 1.165) is 29.6 Å². The monoisotopic (exact) mass is 443 g/mol. The number of hydrogen-bond donors (Lipinski definition) is 2. The molecule has 0 fully saturated rings. The van der Waals surface area contributed by atoms with Crippen LogP contribution in [0.3, 0.4) is 0 Å². The molecule has 2 N–H and O–H groups in total. The zero-order chi connectivity index (χ0) is 23.3. The fourth-order valence-electron chi connectivity index (χ4n) is 4.59. The fraction of sp³-hybridized carbons (Fsp3) is 0.231. The zero-order valence-electron chi connectivity index (χ0n) is 18.8. The van der Waals surface area contributed by atoms with E-state index in [1.54, 1.807) is 12.1 Å². The van der Waals surface area contributed by atoms with E-state index in [1.807, 2.05) is 62.1 Å². The smallest absolute Gasteiger partial charge is 0.259 e. The average molecular weight is 444 g/mol. The number of hydrogen-bond acceptors (Lipinski definition) is 5. The summed E-state index contributed by atoms with van der Waals surface area (Å²) in [4.78, 5) is 27.7. The van der Waals surface area contributed by atoms with Gasteiger partial charge in [0, 0.05) is 30.4 Å².